The molecule has 3 aromatic heterocycles. The Morgan fingerprint density at radius 1 is 1.10 bits per heavy atom. The Balaban J connectivity index is 1.07. The zero-order valence-corrected chi connectivity index (χ0v) is 23.8. The lowest BCUT2D eigenvalue weighted by Gasteiger charge is -2.32. The molecule has 42 heavy (non-hydrogen) atoms. The van der Waals surface area contributed by atoms with Gasteiger partial charge in [0, 0.05) is 46.9 Å². The van der Waals surface area contributed by atoms with Gasteiger partial charge in [-0.05, 0) is 73.0 Å². The van der Waals surface area contributed by atoms with Gasteiger partial charge >= 0.3 is 6.18 Å². The first kappa shape index (κ1) is 28.3. The van der Waals surface area contributed by atoms with E-state index in [1.165, 1.54) is 11.3 Å². The van der Waals surface area contributed by atoms with Gasteiger partial charge in [-0.3, -0.25) is 14.9 Å². The largest absolute Gasteiger partial charge is 0.433 e. The first-order valence-electron chi connectivity index (χ1n) is 13.3. The first-order chi connectivity index (χ1) is 20.2. The lowest BCUT2D eigenvalue weighted by Crippen LogP contribution is -2.38. The Morgan fingerprint density at radius 2 is 1.90 bits per heavy atom. The minimum Gasteiger partial charge on any atom is -0.341 e. The van der Waals surface area contributed by atoms with E-state index in [1.807, 2.05) is 29.6 Å². The number of nitrogens with zero attached hydrogens (tertiary/aromatic N) is 4. The summed E-state index contributed by atoms with van der Waals surface area (Å²) in [5.41, 5.74) is 1.22. The number of anilines is 1. The molecule has 0 radical (unpaired) electrons. The summed E-state index contributed by atoms with van der Waals surface area (Å²) in [5.74, 6) is 0.465. The Bertz CT molecular complexity index is 1680. The van der Waals surface area contributed by atoms with E-state index >= 15 is 0 Å². The standard InChI is InChI=1S/C29H25F3N6O2S2/c30-29(31,32)25-12-18(11-22(36-25)21-16-41-23-4-2-1-3-20(21)23)15-33-14-17-6-9-38(10-7-17)27-34-8-5-19(35-27)13-24-26(39)37-28(40)42-24/h1-5,8,11-13,16-17,33H,6-7,9-10,14-15H2,(H,37,39,40)/b24-13-. The number of halogens is 3. The van der Waals surface area contributed by atoms with Crippen molar-refractivity contribution in [3.05, 3.63) is 75.9 Å². The highest BCUT2D eigenvalue weighted by molar-refractivity contribution is 8.18. The van der Waals surface area contributed by atoms with Gasteiger partial charge in [0.2, 0.25) is 5.95 Å². The summed E-state index contributed by atoms with van der Waals surface area (Å²) in [6.07, 6.45) is 0.385. The van der Waals surface area contributed by atoms with Crippen LogP contribution in [0.25, 0.3) is 27.4 Å². The van der Waals surface area contributed by atoms with Crippen LogP contribution in [0.1, 0.15) is 29.8 Å². The van der Waals surface area contributed by atoms with Crippen molar-refractivity contribution in [2.24, 2.45) is 5.92 Å². The Labute approximate surface area is 247 Å². The minimum atomic E-state index is -4.54. The molecule has 0 aliphatic carbocycles. The highest BCUT2D eigenvalue weighted by Crippen LogP contribution is 2.36. The van der Waals surface area contributed by atoms with Crippen LogP contribution < -0.4 is 15.5 Å². The maximum atomic E-state index is 13.7. The van der Waals surface area contributed by atoms with Crippen LogP contribution in [0.5, 0.6) is 0 Å². The summed E-state index contributed by atoms with van der Waals surface area (Å²) in [6.45, 7) is 2.42. The molecule has 13 heteroatoms. The molecule has 4 aromatic rings. The average molecular weight is 611 g/mol. The molecule has 0 atom stereocenters. The predicted molar refractivity (Wildman–Crippen MR) is 158 cm³/mol. The number of imide groups is 1. The molecule has 0 bridgehead atoms. The van der Waals surface area contributed by atoms with Crippen LogP contribution in [0, 0.1) is 5.92 Å². The van der Waals surface area contributed by atoms with Gasteiger partial charge in [0.05, 0.1) is 16.3 Å². The molecule has 2 N–H and O–H groups in total. The van der Waals surface area contributed by atoms with E-state index < -0.39 is 23.0 Å². The third-order valence-electron chi connectivity index (χ3n) is 7.18. The van der Waals surface area contributed by atoms with Crippen molar-refractivity contribution in [1.29, 1.82) is 0 Å². The van der Waals surface area contributed by atoms with E-state index in [9.17, 15) is 22.8 Å². The number of piperidine rings is 1. The molecule has 2 aliphatic heterocycles. The highest BCUT2D eigenvalue weighted by Gasteiger charge is 2.33. The number of hydrogen-bond donors (Lipinski definition) is 2. The van der Waals surface area contributed by atoms with Gasteiger partial charge in [-0.1, -0.05) is 18.2 Å². The summed E-state index contributed by atoms with van der Waals surface area (Å²) in [5, 5.41) is 7.93. The number of rotatable bonds is 7. The number of aromatic nitrogens is 3. The number of alkyl halides is 3. The number of amides is 2. The SMILES string of the molecule is O=C1NC(=O)/C(=C/c2ccnc(N3CCC(CNCc4cc(-c5csc6ccccc56)nc(C(F)(F)F)c4)CC3)n2)S1. The second-order valence-corrected chi connectivity index (χ2v) is 12.0. The second-order valence-electron chi connectivity index (χ2n) is 10.1. The monoisotopic (exact) mass is 610 g/mol. The minimum absolute atomic E-state index is 0.293. The van der Waals surface area contributed by atoms with Gasteiger partial charge in [0.25, 0.3) is 11.1 Å². The fourth-order valence-corrected chi connectivity index (χ4v) is 6.68. The summed E-state index contributed by atoms with van der Waals surface area (Å²) in [7, 11) is 0. The van der Waals surface area contributed by atoms with Crippen molar-refractivity contribution >= 4 is 56.4 Å². The summed E-state index contributed by atoms with van der Waals surface area (Å²) in [6, 6.07) is 12.2. The van der Waals surface area contributed by atoms with Crippen LogP contribution in [0.2, 0.25) is 0 Å². The molecule has 216 valence electrons. The Morgan fingerprint density at radius 3 is 2.67 bits per heavy atom. The fraction of sp³-hybridized carbons (Fsp3) is 0.276. The molecule has 6 rings (SSSR count). The molecule has 2 fully saturated rings. The van der Waals surface area contributed by atoms with E-state index in [4.69, 9.17) is 0 Å². The lowest BCUT2D eigenvalue weighted by atomic mass is 9.97. The van der Waals surface area contributed by atoms with Crippen LogP contribution in [0.3, 0.4) is 0 Å². The third kappa shape index (κ3) is 6.32. The van der Waals surface area contributed by atoms with Crippen LogP contribution in [-0.2, 0) is 17.5 Å². The van der Waals surface area contributed by atoms with E-state index in [2.05, 4.69) is 30.5 Å². The van der Waals surface area contributed by atoms with Crippen molar-refractivity contribution in [2.45, 2.75) is 25.6 Å². The molecule has 1 aromatic carbocycles. The molecule has 2 amide bonds. The Hall–Kier alpha value is -3.81. The van der Waals surface area contributed by atoms with Crippen molar-refractivity contribution in [2.75, 3.05) is 24.5 Å². The smallest absolute Gasteiger partial charge is 0.341 e. The normalized spacial score (nSPS) is 17.4. The van der Waals surface area contributed by atoms with Crippen LogP contribution in [-0.4, -0.2) is 45.7 Å². The quantitative estimate of drug-likeness (QED) is 0.242. The van der Waals surface area contributed by atoms with Crippen molar-refractivity contribution in [1.82, 2.24) is 25.6 Å². The third-order valence-corrected chi connectivity index (χ3v) is 8.95. The number of benzene rings is 1. The van der Waals surface area contributed by atoms with Gasteiger partial charge in [-0.2, -0.15) is 13.2 Å². The average Bonchev–Trinajstić information content (AvgIpc) is 3.55. The molecular weight excluding hydrogens is 585 g/mol. The summed E-state index contributed by atoms with van der Waals surface area (Å²) < 4.78 is 42.2. The van der Waals surface area contributed by atoms with Crippen molar-refractivity contribution < 1.29 is 22.8 Å². The van der Waals surface area contributed by atoms with Crippen LogP contribution >= 0.6 is 23.1 Å². The Kier molecular flexibility index (Phi) is 7.97. The van der Waals surface area contributed by atoms with E-state index in [1.54, 1.807) is 24.4 Å². The second kappa shape index (κ2) is 11.8. The maximum absolute atomic E-state index is 13.7. The molecule has 0 saturated carbocycles. The number of thioether (sulfide) groups is 1. The zero-order chi connectivity index (χ0) is 29.3. The number of thiophene rings is 1. The number of fused-ring (bicyclic) bond motifs is 1. The first-order valence-corrected chi connectivity index (χ1v) is 15.0. The number of nitrogens with one attached hydrogen (secondary N) is 2. The van der Waals surface area contributed by atoms with Crippen molar-refractivity contribution in [3.8, 4) is 11.3 Å². The number of pyridine rings is 1. The van der Waals surface area contributed by atoms with Gasteiger partial charge in [-0.15, -0.1) is 11.3 Å². The van der Waals surface area contributed by atoms with Crippen molar-refractivity contribution in [3.63, 3.8) is 0 Å². The summed E-state index contributed by atoms with van der Waals surface area (Å²) >= 11 is 2.33. The fourth-order valence-electron chi connectivity index (χ4n) is 5.06. The lowest BCUT2D eigenvalue weighted by molar-refractivity contribution is -0.141. The van der Waals surface area contributed by atoms with E-state index in [0.717, 1.165) is 53.8 Å². The predicted octanol–water partition coefficient (Wildman–Crippen LogP) is 6.10. The van der Waals surface area contributed by atoms with Gasteiger partial charge < -0.3 is 10.2 Å². The molecule has 8 nitrogen and oxygen atoms in total. The number of hydrogen-bond acceptors (Lipinski definition) is 9. The molecule has 0 spiro atoms. The molecule has 2 saturated heterocycles. The van der Waals surface area contributed by atoms with Gasteiger partial charge in [0.1, 0.15) is 5.69 Å². The maximum Gasteiger partial charge on any atom is 0.433 e. The van der Waals surface area contributed by atoms with Crippen LogP contribution in [0.15, 0.2) is 58.9 Å². The van der Waals surface area contributed by atoms with E-state index in [-0.39, 0.29) is 0 Å². The molecule has 0 unspecified atom stereocenters. The van der Waals surface area contributed by atoms with Gasteiger partial charge in [0.15, 0.2) is 0 Å². The zero-order valence-electron chi connectivity index (χ0n) is 22.1. The van der Waals surface area contributed by atoms with Crippen LogP contribution in [0.4, 0.5) is 23.9 Å². The topological polar surface area (TPSA) is 100 Å². The van der Waals surface area contributed by atoms with Gasteiger partial charge in [-0.25, -0.2) is 15.0 Å². The highest BCUT2D eigenvalue weighted by atomic mass is 32.2. The molecule has 2 aliphatic rings. The molecule has 5 heterocycles. The summed E-state index contributed by atoms with van der Waals surface area (Å²) in [4.78, 5) is 38.5. The number of carbonyl (C=O) groups excluding carboxylic acids is 2. The number of carbonyl (C=O) groups is 2. The van der Waals surface area contributed by atoms with E-state index in [0.29, 0.717) is 52.4 Å². The molecular formula is C29H25F3N6O2S2.